The van der Waals surface area contributed by atoms with Crippen molar-refractivity contribution in [3.8, 4) is 0 Å². The number of sulfone groups is 1. The van der Waals surface area contributed by atoms with Gasteiger partial charge in [-0.2, -0.15) is 18.0 Å². The molecule has 0 heterocycles. The lowest BCUT2D eigenvalue weighted by atomic mass is 10.1. The summed E-state index contributed by atoms with van der Waals surface area (Å²) in [6.45, 7) is 0. The zero-order chi connectivity index (χ0) is 18.2. The normalized spacial score (nSPS) is 18.8. The lowest BCUT2D eigenvalue weighted by molar-refractivity contribution is -0.137. The Hall–Kier alpha value is -1.55. The minimum Gasteiger partial charge on any atom is -0.360 e. The van der Waals surface area contributed by atoms with Gasteiger partial charge in [0.25, 0.3) is 9.84 Å². The van der Waals surface area contributed by atoms with E-state index in [9.17, 15) is 30.4 Å². The maximum Gasteiger partial charge on any atom is 0.416 e. The van der Waals surface area contributed by atoms with Crippen LogP contribution >= 0.6 is 0 Å². The Morgan fingerprint density at radius 1 is 1.21 bits per heavy atom. The summed E-state index contributed by atoms with van der Waals surface area (Å²) in [5, 5.41) is -0.895. The molecular weight excluding hydrogens is 369 g/mol. The van der Waals surface area contributed by atoms with Crippen molar-refractivity contribution < 1.29 is 35.1 Å². The second-order valence-corrected chi connectivity index (χ2v) is 8.53. The van der Waals surface area contributed by atoms with E-state index in [0.717, 1.165) is 12.1 Å². The van der Waals surface area contributed by atoms with Crippen molar-refractivity contribution in [3.05, 3.63) is 35.4 Å². The molecule has 0 bridgehead atoms. The molecule has 6 nitrogen and oxygen atoms in total. The molecular formula is C13H13F3N2O4S2. The first kappa shape index (κ1) is 18.8. The summed E-state index contributed by atoms with van der Waals surface area (Å²) < 4.78 is 82.4. The van der Waals surface area contributed by atoms with Gasteiger partial charge < -0.3 is 10.1 Å². The number of rotatable bonds is 3. The molecule has 0 radical (unpaired) electrons. The Labute approximate surface area is 138 Å². The average molecular weight is 382 g/mol. The zero-order valence-corrected chi connectivity index (χ0v) is 13.8. The molecule has 1 N–H and O–H groups in total. The number of hydrogen-bond acceptors (Lipinski definition) is 3. The van der Waals surface area contributed by atoms with Crippen LogP contribution in [0.2, 0.25) is 0 Å². The highest BCUT2D eigenvalue weighted by atomic mass is 32.2. The maximum absolute atomic E-state index is 12.6. The van der Waals surface area contributed by atoms with Gasteiger partial charge in [-0.25, -0.2) is 12.6 Å². The van der Waals surface area contributed by atoms with Crippen molar-refractivity contribution >= 4 is 26.0 Å². The highest BCUT2D eigenvalue weighted by molar-refractivity contribution is 8.08. The molecule has 0 saturated heterocycles. The van der Waals surface area contributed by atoms with Crippen molar-refractivity contribution in [1.82, 2.24) is 0 Å². The molecule has 1 aliphatic rings. The summed E-state index contributed by atoms with van der Waals surface area (Å²) in [6, 6.07) is 2.62. The molecule has 24 heavy (non-hydrogen) atoms. The first-order valence-corrected chi connectivity index (χ1v) is 9.40. The summed E-state index contributed by atoms with van der Waals surface area (Å²) >= 11 is -2.62. The molecule has 1 fully saturated rings. The average Bonchev–Trinajstić information content (AvgIpc) is 2.97. The summed E-state index contributed by atoms with van der Waals surface area (Å²) in [4.78, 5) is 2.19. The SMILES string of the molecule is [N-]=[N+]=C(C1(S(=O)O)CCCC1)S(=O)(=O)c1ccc(C(F)(F)F)cc1. The van der Waals surface area contributed by atoms with Gasteiger partial charge in [-0.15, -0.1) is 0 Å². The molecule has 1 saturated carbocycles. The van der Waals surface area contributed by atoms with Crippen LogP contribution in [-0.2, 0) is 27.1 Å². The van der Waals surface area contributed by atoms with Crippen LogP contribution in [0, 0.1) is 0 Å². The van der Waals surface area contributed by atoms with Gasteiger partial charge in [0, 0.05) is 0 Å². The zero-order valence-electron chi connectivity index (χ0n) is 12.2. The van der Waals surface area contributed by atoms with Crippen LogP contribution in [0.15, 0.2) is 29.2 Å². The van der Waals surface area contributed by atoms with E-state index in [2.05, 4.69) is 4.79 Å². The Morgan fingerprint density at radius 3 is 2.08 bits per heavy atom. The highest BCUT2D eigenvalue weighted by Gasteiger charge is 2.57. The summed E-state index contributed by atoms with van der Waals surface area (Å²) in [7, 11) is -4.52. The third kappa shape index (κ3) is 3.16. The van der Waals surface area contributed by atoms with Gasteiger partial charge in [-0.1, -0.05) is 12.8 Å². The van der Waals surface area contributed by atoms with E-state index in [1.54, 1.807) is 0 Å². The second kappa shape index (κ2) is 6.40. The van der Waals surface area contributed by atoms with E-state index in [4.69, 9.17) is 5.53 Å². The standard InChI is InChI=1S/C13H13F3N2O4S2/c14-13(15,16)9-3-5-10(6-4-9)24(21,22)11(18-17)12(23(19)20)7-1-2-8-12/h3-6H,1-2,7-8H2,(H,19,20). The molecule has 1 unspecified atom stereocenters. The Kier molecular flexibility index (Phi) is 5.01. The quantitative estimate of drug-likeness (QED) is 0.285. The third-order valence-corrected chi connectivity index (χ3v) is 7.25. The number of nitrogens with zero attached hydrogens (tertiary/aromatic N) is 2. The van der Waals surface area contributed by atoms with Crippen LogP contribution in [0.4, 0.5) is 13.2 Å². The van der Waals surface area contributed by atoms with Gasteiger partial charge in [0.2, 0.25) is 0 Å². The van der Waals surface area contributed by atoms with E-state index in [1.807, 2.05) is 0 Å². The number of alkyl halides is 3. The van der Waals surface area contributed by atoms with Gasteiger partial charge in [0.1, 0.15) is 0 Å². The Balaban J connectivity index is 2.52. The van der Waals surface area contributed by atoms with E-state index < -0.39 is 47.3 Å². The molecule has 1 aromatic rings. The van der Waals surface area contributed by atoms with Crippen LogP contribution in [0.25, 0.3) is 5.53 Å². The molecule has 0 spiro atoms. The molecule has 0 amide bonds. The summed E-state index contributed by atoms with van der Waals surface area (Å²) in [5.41, 5.74) is 8.13. The molecule has 132 valence electrons. The predicted molar refractivity (Wildman–Crippen MR) is 79.2 cm³/mol. The Morgan fingerprint density at radius 2 is 1.71 bits per heavy atom. The van der Waals surface area contributed by atoms with E-state index >= 15 is 0 Å². The van der Waals surface area contributed by atoms with Gasteiger partial charge in [0.05, 0.1) is 10.5 Å². The molecule has 2 rings (SSSR count). The summed E-state index contributed by atoms with van der Waals surface area (Å²) in [5.74, 6) is 0. The van der Waals surface area contributed by atoms with Crippen LogP contribution in [-0.4, -0.2) is 31.8 Å². The third-order valence-electron chi connectivity index (χ3n) is 3.97. The topological polar surface area (TPSA) is 108 Å². The monoisotopic (exact) mass is 382 g/mol. The van der Waals surface area contributed by atoms with Gasteiger partial charge >= 0.3 is 11.2 Å². The van der Waals surface area contributed by atoms with Gasteiger partial charge in [-0.05, 0) is 37.1 Å². The minimum atomic E-state index is -4.63. The van der Waals surface area contributed by atoms with Crippen molar-refractivity contribution in [1.29, 1.82) is 0 Å². The van der Waals surface area contributed by atoms with Crippen LogP contribution < -0.4 is 0 Å². The first-order chi connectivity index (χ1) is 11.1. The maximum atomic E-state index is 12.6. The molecule has 11 heteroatoms. The molecule has 1 aliphatic carbocycles. The van der Waals surface area contributed by atoms with E-state index in [1.165, 1.54) is 0 Å². The van der Waals surface area contributed by atoms with E-state index in [0.29, 0.717) is 25.0 Å². The lowest BCUT2D eigenvalue weighted by Crippen LogP contribution is -2.45. The molecule has 0 aromatic heterocycles. The van der Waals surface area contributed by atoms with Crippen molar-refractivity contribution in [3.63, 3.8) is 0 Å². The summed E-state index contributed by atoms with van der Waals surface area (Å²) in [6.07, 6.45) is -3.65. The Bertz CT molecular complexity index is 807. The predicted octanol–water partition coefficient (Wildman–Crippen LogP) is 2.64. The molecule has 0 aliphatic heterocycles. The van der Waals surface area contributed by atoms with Crippen molar-refractivity contribution in [2.75, 3.05) is 0 Å². The fourth-order valence-corrected chi connectivity index (χ4v) is 5.62. The fourth-order valence-electron chi connectivity index (χ4n) is 2.73. The number of benzene rings is 1. The highest BCUT2D eigenvalue weighted by Crippen LogP contribution is 2.38. The van der Waals surface area contributed by atoms with Crippen LogP contribution in [0.5, 0.6) is 0 Å². The second-order valence-electron chi connectivity index (χ2n) is 5.38. The van der Waals surface area contributed by atoms with Gasteiger partial charge in [0.15, 0.2) is 15.8 Å². The van der Waals surface area contributed by atoms with Crippen molar-refractivity contribution in [2.45, 2.75) is 41.5 Å². The fraction of sp³-hybridized carbons (Fsp3) is 0.462. The lowest BCUT2D eigenvalue weighted by Gasteiger charge is -2.19. The molecule has 1 atom stereocenters. The van der Waals surface area contributed by atoms with Crippen molar-refractivity contribution in [2.24, 2.45) is 0 Å². The minimum absolute atomic E-state index is 0.0232. The van der Waals surface area contributed by atoms with Crippen LogP contribution in [0.1, 0.15) is 31.2 Å². The first-order valence-electron chi connectivity index (χ1n) is 6.81. The van der Waals surface area contributed by atoms with Crippen LogP contribution in [0.3, 0.4) is 0 Å². The smallest absolute Gasteiger partial charge is 0.360 e. The largest absolute Gasteiger partial charge is 0.416 e. The number of halogens is 3. The molecule has 1 aromatic carbocycles. The number of hydrogen-bond donors (Lipinski definition) is 1. The van der Waals surface area contributed by atoms with E-state index in [-0.39, 0.29) is 12.8 Å². The van der Waals surface area contributed by atoms with Gasteiger partial charge in [-0.3, -0.25) is 0 Å².